The molecule has 3 N–H and O–H groups in total. The smallest absolute Gasteiger partial charge is 0.316 e. The summed E-state index contributed by atoms with van der Waals surface area (Å²) in [4.78, 5) is 7.86. The van der Waals surface area contributed by atoms with E-state index in [1.165, 1.54) is 23.5 Å². The van der Waals surface area contributed by atoms with E-state index in [0.717, 1.165) is 12.1 Å². The summed E-state index contributed by atoms with van der Waals surface area (Å²) in [5.74, 6) is -4.26. The Bertz CT molecular complexity index is 809. The molecule has 3 rings (SSSR count). The first-order chi connectivity index (χ1) is 12.4. The molecule has 1 aromatic heterocycles. The van der Waals surface area contributed by atoms with Crippen LogP contribution in [0.3, 0.4) is 0 Å². The first-order valence-corrected chi connectivity index (χ1v) is 7.61. The van der Waals surface area contributed by atoms with E-state index in [0.29, 0.717) is 23.9 Å². The Labute approximate surface area is 147 Å². The Morgan fingerprint density at radius 1 is 1.27 bits per heavy atom. The molecule has 0 amide bonds. The van der Waals surface area contributed by atoms with Crippen LogP contribution in [-0.2, 0) is 12.5 Å². The van der Waals surface area contributed by atoms with Gasteiger partial charge in [0.2, 0.25) is 0 Å². The quantitative estimate of drug-likeness (QED) is 0.720. The van der Waals surface area contributed by atoms with Gasteiger partial charge in [-0.1, -0.05) is 0 Å². The van der Waals surface area contributed by atoms with Gasteiger partial charge in [-0.15, -0.1) is 5.53 Å². The summed E-state index contributed by atoms with van der Waals surface area (Å²) >= 11 is 0. The van der Waals surface area contributed by atoms with E-state index >= 15 is 0 Å². The van der Waals surface area contributed by atoms with E-state index in [1.807, 2.05) is 0 Å². The predicted octanol–water partition coefficient (Wildman–Crippen LogP) is 1.97. The Morgan fingerprint density at radius 3 is 2.65 bits per heavy atom. The second kappa shape index (κ2) is 7.18. The van der Waals surface area contributed by atoms with Crippen LogP contribution in [-0.4, -0.2) is 21.7 Å². The van der Waals surface area contributed by atoms with Crippen molar-refractivity contribution in [1.82, 2.24) is 20.9 Å². The van der Waals surface area contributed by atoms with Gasteiger partial charge in [-0.25, -0.2) is 23.1 Å². The molecule has 0 saturated carbocycles. The number of aromatic nitrogens is 2. The summed E-state index contributed by atoms with van der Waals surface area (Å²) in [6, 6.07) is 3.55. The summed E-state index contributed by atoms with van der Waals surface area (Å²) in [6.45, 7) is 0.560. The van der Waals surface area contributed by atoms with E-state index < -0.39 is 17.3 Å². The summed E-state index contributed by atoms with van der Waals surface area (Å²) < 4.78 is 45.9. The van der Waals surface area contributed by atoms with Crippen LogP contribution >= 0.6 is 0 Å². The topological polar surface area (TPSA) is 82.5 Å². The monoisotopic (exact) mass is 367 g/mol. The Balaban J connectivity index is 1.67. The third-order valence-electron chi connectivity index (χ3n) is 3.54. The first kappa shape index (κ1) is 18.0. The van der Waals surface area contributed by atoms with Crippen molar-refractivity contribution in [3.05, 3.63) is 59.4 Å². The largest absolute Gasteiger partial charge is 0.457 e. The number of alkyl halides is 2. The van der Waals surface area contributed by atoms with Crippen LogP contribution in [0.25, 0.3) is 0 Å². The molecule has 138 valence electrons. The number of rotatable bonds is 6. The summed E-state index contributed by atoms with van der Waals surface area (Å²) in [6.07, 6.45) is 4.45. The maximum Gasteiger partial charge on any atom is 0.316 e. The Kier molecular flexibility index (Phi) is 4.96. The number of ether oxygens (including phenoxy) is 1. The number of hydrazine groups is 2. The molecule has 0 unspecified atom stereocenters. The van der Waals surface area contributed by atoms with E-state index in [4.69, 9.17) is 9.84 Å². The van der Waals surface area contributed by atoms with Crippen LogP contribution in [0.5, 0.6) is 6.01 Å². The van der Waals surface area contributed by atoms with E-state index in [2.05, 4.69) is 20.9 Å². The second-order valence-corrected chi connectivity index (χ2v) is 5.63. The summed E-state index contributed by atoms with van der Waals surface area (Å²) in [5, 5.41) is 10.4. The number of benzene rings is 1. The van der Waals surface area contributed by atoms with Gasteiger partial charge < -0.3 is 15.3 Å². The molecule has 0 bridgehead atoms. The number of nitrogens with zero attached hydrogens (tertiary/aromatic N) is 3. The molecule has 0 spiro atoms. The predicted molar refractivity (Wildman–Crippen MR) is 86.3 cm³/mol. The minimum absolute atomic E-state index is 0.0833. The van der Waals surface area contributed by atoms with Crippen LogP contribution in [0.2, 0.25) is 0 Å². The molecule has 0 aliphatic carbocycles. The van der Waals surface area contributed by atoms with Gasteiger partial charge in [0, 0.05) is 31.1 Å². The summed E-state index contributed by atoms with van der Waals surface area (Å²) in [5.41, 5.74) is 6.33. The molecule has 0 saturated heterocycles. The average molecular weight is 367 g/mol. The summed E-state index contributed by atoms with van der Waals surface area (Å²) in [7, 11) is 0. The van der Waals surface area contributed by atoms with Crippen molar-refractivity contribution >= 4 is 5.69 Å². The lowest BCUT2D eigenvalue weighted by Gasteiger charge is -2.18. The fourth-order valence-electron chi connectivity index (χ4n) is 2.21. The van der Waals surface area contributed by atoms with E-state index in [1.54, 1.807) is 6.20 Å². The van der Waals surface area contributed by atoms with Crippen molar-refractivity contribution in [2.24, 2.45) is 0 Å². The van der Waals surface area contributed by atoms with Crippen molar-refractivity contribution in [2.45, 2.75) is 19.5 Å². The highest BCUT2D eigenvalue weighted by Gasteiger charge is 2.29. The van der Waals surface area contributed by atoms with Gasteiger partial charge in [0.1, 0.15) is 12.4 Å². The molecular weight excluding hydrogens is 351 g/mol. The highest BCUT2D eigenvalue weighted by Crippen LogP contribution is 2.32. The van der Waals surface area contributed by atoms with Crippen molar-refractivity contribution < 1.29 is 23.0 Å². The van der Waals surface area contributed by atoms with Crippen LogP contribution in [0, 0.1) is 5.82 Å². The molecule has 1 aromatic carbocycles. The molecule has 0 fully saturated rings. The van der Waals surface area contributed by atoms with Gasteiger partial charge in [-0.2, -0.15) is 0 Å². The van der Waals surface area contributed by atoms with Gasteiger partial charge in [-0.3, -0.25) is 5.01 Å². The third kappa shape index (κ3) is 4.03. The molecule has 7 nitrogen and oxygen atoms in total. The number of nitrogens with one attached hydrogen (secondary N) is 2. The fraction of sp³-hybridized carbons (Fsp3) is 0.250. The van der Waals surface area contributed by atoms with Crippen LogP contribution in [0.1, 0.15) is 18.1 Å². The molecule has 26 heavy (non-hydrogen) atoms. The van der Waals surface area contributed by atoms with E-state index in [9.17, 15) is 13.2 Å². The molecule has 2 aromatic rings. The molecule has 1 aliphatic rings. The highest BCUT2D eigenvalue weighted by atomic mass is 19.3. The van der Waals surface area contributed by atoms with Gasteiger partial charge >= 0.3 is 6.01 Å². The molecule has 1 aliphatic heterocycles. The van der Waals surface area contributed by atoms with Crippen molar-refractivity contribution in [3.63, 3.8) is 0 Å². The molecule has 10 heteroatoms. The average Bonchev–Trinajstić information content (AvgIpc) is 3.09. The minimum Gasteiger partial charge on any atom is -0.457 e. The van der Waals surface area contributed by atoms with Crippen LogP contribution < -0.4 is 20.7 Å². The Morgan fingerprint density at radius 2 is 2.00 bits per heavy atom. The number of halogens is 3. The standard InChI is InChI=1S/C16H16F3N5O2/c1-16(18,19)13-4-12(2-3-14(13)17)24-7-11(22-23-24)9-26-15-20-5-10(8-25)6-21-15/h2-7,22-23,25H,8-9H2,1H3. The minimum atomic E-state index is -3.29. The van der Waals surface area contributed by atoms with Crippen molar-refractivity contribution in [2.75, 3.05) is 11.6 Å². The van der Waals surface area contributed by atoms with Crippen LogP contribution in [0.15, 0.2) is 42.5 Å². The third-order valence-corrected chi connectivity index (χ3v) is 3.54. The van der Waals surface area contributed by atoms with Gasteiger partial charge in [-0.05, 0) is 18.2 Å². The lowest BCUT2D eigenvalue weighted by Crippen LogP contribution is -2.37. The maximum atomic E-state index is 13.6. The maximum absolute atomic E-state index is 13.6. The number of hydrogen-bond donors (Lipinski definition) is 3. The molecular formula is C16H16F3N5O2. The van der Waals surface area contributed by atoms with Gasteiger partial charge in [0.25, 0.3) is 5.92 Å². The lowest BCUT2D eigenvalue weighted by atomic mass is 10.1. The van der Waals surface area contributed by atoms with Crippen molar-refractivity contribution in [3.8, 4) is 6.01 Å². The number of anilines is 1. The highest BCUT2D eigenvalue weighted by molar-refractivity contribution is 5.52. The van der Waals surface area contributed by atoms with Crippen LogP contribution in [0.4, 0.5) is 18.9 Å². The fourth-order valence-corrected chi connectivity index (χ4v) is 2.21. The first-order valence-electron chi connectivity index (χ1n) is 7.61. The zero-order valence-electron chi connectivity index (χ0n) is 13.7. The Hall–Kier alpha value is -2.85. The lowest BCUT2D eigenvalue weighted by molar-refractivity contribution is 0.0138. The molecule has 0 radical (unpaired) electrons. The number of aliphatic hydroxyl groups is 1. The molecule has 2 heterocycles. The SMILES string of the molecule is CC(F)(F)c1cc(N2C=C(COc3ncc(CO)cn3)NN2)ccc1F. The van der Waals surface area contributed by atoms with Crippen molar-refractivity contribution in [1.29, 1.82) is 0 Å². The molecule has 0 atom stereocenters. The number of aliphatic hydroxyl groups excluding tert-OH is 1. The second-order valence-electron chi connectivity index (χ2n) is 5.63. The number of hydrogen-bond acceptors (Lipinski definition) is 7. The van der Waals surface area contributed by atoms with Gasteiger partial charge in [0.15, 0.2) is 0 Å². The van der Waals surface area contributed by atoms with Gasteiger partial charge in [0.05, 0.1) is 23.6 Å². The zero-order valence-corrected chi connectivity index (χ0v) is 13.7. The zero-order chi connectivity index (χ0) is 18.7. The normalized spacial score (nSPS) is 14.2. The van der Waals surface area contributed by atoms with E-state index in [-0.39, 0.29) is 19.2 Å².